The number of rotatable bonds is 3. The number of hydrogen-bond donors (Lipinski definition) is 0. The molecule has 0 aromatic carbocycles. The summed E-state index contributed by atoms with van der Waals surface area (Å²) >= 11 is 0. The summed E-state index contributed by atoms with van der Waals surface area (Å²) in [4.78, 5) is 39.3. The van der Waals surface area contributed by atoms with Crippen molar-refractivity contribution >= 4 is 17.4 Å². The van der Waals surface area contributed by atoms with Gasteiger partial charge in [-0.2, -0.15) is 0 Å². The molecule has 0 aliphatic heterocycles. The summed E-state index contributed by atoms with van der Waals surface area (Å²) in [5.74, 6) is -2.02. The van der Waals surface area contributed by atoms with Gasteiger partial charge in [0.15, 0.2) is 0 Å². The van der Waals surface area contributed by atoms with Crippen molar-refractivity contribution in [3.05, 3.63) is 46.0 Å². The van der Waals surface area contributed by atoms with E-state index in [4.69, 9.17) is 0 Å². The third-order valence-corrected chi connectivity index (χ3v) is 2.63. The van der Waals surface area contributed by atoms with Gasteiger partial charge in [0.05, 0.1) is 6.61 Å². The van der Waals surface area contributed by atoms with Crippen molar-refractivity contribution in [1.82, 2.24) is 9.38 Å². The molecule has 6 nitrogen and oxygen atoms in total. The number of Topliss-reactive ketones (excluding diaryl/α,β-unsaturated/α-hetero) is 1. The number of nitrogens with zero attached hydrogens (tertiary/aromatic N) is 2. The normalized spacial score (nSPS) is 10.4. The van der Waals surface area contributed by atoms with Crippen molar-refractivity contribution in [2.75, 3.05) is 6.61 Å². The molecule has 0 atom stereocenters. The second-order valence-electron chi connectivity index (χ2n) is 3.91. The Morgan fingerprint density at radius 1 is 1.42 bits per heavy atom. The summed E-state index contributed by atoms with van der Waals surface area (Å²) in [7, 11) is 0. The fourth-order valence-electron chi connectivity index (χ4n) is 1.71. The molecule has 2 rings (SSSR count). The fraction of sp³-hybridized carbons (Fsp3) is 0.231. The minimum atomic E-state index is -1.05. The molecule has 0 aliphatic rings. The lowest BCUT2D eigenvalue weighted by Crippen LogP contribution is -2.28. The van der Waals surface area contributed by atoms with E-state index in [2.05, 4.69) is 9.72 Å². The first-order chi connectivity index (χ1) is 9.06. The fourth-order valence-corrected chi connectivity index (χ4v) is 1.71. The number of aromatic nitrogens is 2. The molecular formula is C13H12N2O4. The zero-order chi connectivity index (χ0) is 14.0. The van der Waals surface area contributed by atoms with Crippen LogP contribution in [0.2, 0.25) is 0 Å². The van der Waals surface area contributed by atoms with E-state index in [9.17, 15) is 14.4 Å². The van der Waals surface area contributed by atoms with Gasteiger partial charge in [0, 0.05) is 12.4 Å². The molecule has 0 radical (unpaired) electrons. The minimum Gasteiger partial charge on any atom is -0.460 e. The number of hydrogen-bond acceptors (Lipinski definition) is 5. The standard InChI is InChI=1S/C13H12N2O4/c1-3-19-13(18)10(16)9-7-14-11-8(2)5-4-6-15(11)12(9)17/h4-7H,3H2,1-2H3. The second-order valence-corrected chi connectivity index (χ2v) is 3.91. The van der Waals surface area contributed by atoms with E-state index in [0.29, 0.717) is 5.65 Å². The Balaban J connectivity index is 2.58. The van der Waals surface area contributed by atoms with Crippen molar-refractivity contribution in [2.45, 2.75) is 13.8 Å². The Hall–Kier alpha value is -2.50. The first-order valence-electron chi connectivity index (χ1n) is 5.74. The molecule has 0 saturated heterocycles. The Morgan fingerprint density at radius 3 is 2.84 bits per heavy atom. The number of carbonyl (C=O) groups is 2. The van der Waals surface area contributed by atoms with Gasteiger partial charge in [0.2, 0.25) is 0 Å². The van der Waals surface area contributed by atoms with Crippen LogP contribution in [0.4, 0.5) is 0 Å². The Kier molecular flexibility index (Phi) is 3.41. The van der Waals surface area contributed by atoms with Crippen molar-refractivity contribution in [3.63, 3.8) is 0 Å². The average Bonchev–Trinajstić information content (AvgIpc) is 2.40. The number of fused-ring (bicyclic) bond motifs is 1. The number of carbonyl (C=O) groups excluding carboxylic acids is 2. The van der Waals surface area contributed by atoms with Crippen molar-refractivity contribution < 1.29 is 14.3 Å². The SMILES string of the molecule is CCOC(=O)C(=O)c1cnc2c(C)cccn2c1=O. The van der Waals surface area contributed by atoms with Gasteiger partial charge in [0.1, 0.15) is 11.2 Å². The van der Waals surface area contributed by atoms with E-state index in [1.807, 2.05) is 0 Å². The zero-order valence-corrected chi connectivity index (χ0v) is 10.5. The van der Waals surface area contributed by atoms with Gasteiger partial charge in [-0.15, -0.1) is 0 Å². The van der Waals surface area contributed by atoms with Gasteiger partial charge in [0.25, 0.3) is 11.3 Å². The average molecular weight is 260 g/mol. The summed E-state index contributed by atoms with van der Waals surface area (Å²) in [5, 5.41) is 0. The third kappa shape index (κ3) is 2.24. The van der Waals surface area contributed by atoms with Gasteiger partial charge in [-0.3, -0.25) is 14.0 Å². The highest BCUT2D eigenvalue weighted by molar-refractivity contribution is 6.40. The first kappa shape index (κ1) is 12.9. The van der Waals surface area contributed by atoms with Gasteiger partial charge >= 0.3 is 5.97 Å². The van der Waals surface area contributed by atoms with Crippen LogP contribution in [-0.2, 0) is 9.53 Å². The first-order valence-corrected chi connectivity index (χ1v) is 5.74. The summed E-state index contributed by atoms with van der Waals surface area (Å²) in [6.07, 6.45) is 2.61. The van der Waals surface area contributed by atoms with Gasteiger partial charge in [-0.25, -0.2) is 9.78 Å². The number of aryl methyl sites for hydroxylation is 1. The van der Waals surface area contributed by atoms with E-state index < -0.39 is 17.3 Å². The van der Waals surface area contributed by atoms with E-state index in [1.54, 1.807) is 26.0 Å². The third-order valence-electron chi connectivity index (χ3n) is 2.63. The molecule has 2 aromatic rings. The number of esters is 1. The van der Waals surface area contributed by atoms with Crippen molar-refractivity contribution in [2.24, 2.45) is 0 Å². The van der Waals surface area contributed by atoms with Crippen LogP contribution in [0.5, 0.6) is 0 Å². The largest absolute Gasteiger partial charge is 0.460 e. The van der Waals surface area contributed by atoms with Crippen LogP contribution in [0, 0.1) is 6.92 Å². The Labute approximate surface area is 108 Å². The van der Waals surface area contributed by atoms with E-state index in [-0.39, 0.29) is 12.2 Å². The molecule has 2 aromatic heterocycles. The predicted molar refractivity (Wildman–Crippen MR) is 67.2 cm³/mol. The lowest BCUT2D eigenvalue weighted by atomic mass is 10.2. The van der Waals surface area contributed by atoms with Crippen LogP contribution in [0.3, 0.4) is 0 Å². The summed E-state index contributed by atoms with van der Waals surface area (Å²) in [6.45, 7) is 3.46. The Morgan fingerprint density at radius 2 is 2.16 bits per heavy atom. The molecule has 19 heavy (non-hydrogen) atoms. The molecule has 0 unspecified atom stereocenters. The highest BCUT2D eigenvalue weighted by Crippen LogP contribution is 2.05. The zero-order valence-electron chi connectivity index (χ0n) is 10.5. The molecule has 2 heterocycles. The molecule has 0 fully saturated rings. The molecule has 98 valence electrons. The molecule has 0 N–H and O–H groups in total. The summed E-state index contributed by atoms with van der Waals surface area (Å²) in [6, 6.07) is 3.47. The molecule has 0 amide bonds. The monoisotopic (exact) mass is 260 g/mol. The van der Waals surface area contributed by atoms with Crippen LogP contribution >= 0.6 is 0 Å². The van der Waals surface area contributed by atoms with Gasteiger partial charge in [-0.1, -0.05) is 6.07 Å². The smallest absolute Gasteiger partial charge is 0.379 e. The number of pyridine rings is 1. The summed E-state index contributed by atoms with van der Waals surface area (Å²) < 4.78 is 5.82. The van der Waals surface area contributed by atoms with E-state index in [0.717, 1.165) is 11.8 Å². The number of ketones is 1. The quantitative estimate of drug-likeness (QED) is 0.462. The minimum absolute atomic E-state index is 0.0754. The molecular weight excluding hydrogens is 248 g/mol. The molecule has 6 heteroatoms. The Bertz CT molecular complexity index is 718. The highest BCUT2D eigenvalue weighted by Gasteiger charge is 2.22. The van der Waals surface area contributed by atoms with E-state index in [1.165, 1.54) is 10.6 Å². The van der Waals surface area contributed by atoms with Crippen molar-refractivity contribution in [1.29, 1.82) is 0 Å². The highest BCUT2D eigenvalue weighted by atomic mass is 16.5. The van der Waals surface area contributed by atoms with Crippen LogP contribution in [0.15, 0.2) is 29.3 Å². The number of ether oxygens (including phenoxy) is 1. The van der Waals surface area contributed by atoms with Crippen LogP contribution in [0.1, 0.15) is 22.8 Å². The second kappa shape index (κ2) is 5.01. The van der Waals surface area contributed by atoms with Gasteiger partial charge < -0.3 is 4.74 Å². The maximum absolute atomic E-state index is 12.1. The lowest BCUT2D eigenvalue weighted by Gasteiger charge is -2.05. The topological polar surface area (TPSA) is 77.7 Å². The van der Waals surface area contributed by atoms with E-state index >= 15 is 0 Å². The van der Waals surface area contributed by atoms with Gasteiger partial charge in [-0.05, 0) is 25.5 Å². The maximum Gasteiger partial charge on any atom is 0.379 e. The molecule has 0 aliphatic carbocycles. The lowest BCUT2D eigenvalue weighted by molar-refractivity contribution is -0.137. The van der Waals surface area contributed by atoms with Crippen LogP contribution < -0.4 is 5.56 Å². The molecule has 0 spiro atoms. The maximum atomic E-state index is 12.1. The molecule has 0 bridgehead atoms. The summed E-state index contributed by atoms with van der Waals surface area (Å²) in [5.41, 5.74) is 0.385. The van der Waals surface area contributed by atoms with Crippen molar-refractivity contribution in [3.8, 4) is 0 Å². The predicted octanol–water partition coefficient (Wildman–Crippen LogP) is 0.749. The molecule has 0 saturated carbocycles. The van der Waals surface area contributed by atoms with Crippen LogP contribution in [-0.4, -0.2) is 27.7 Å². The van der Waals surface area contributed by atoms with Crippen LogP contribution in [0.25, 0.3) is 5.65 Å².